The molecule has 0 spiro atoms. The summed E-state index contributed by atoms with van der Waals surface area (Å²) in [5.41, 5.74) is 0. The van der Waals surface area contributed by atoms with Crippen molar-refractivity contribution >= 4 is 43.9 Å². The van der Waals surface area contributed by atoms with Crippen molar-refractivity contribution in [1.82, 2.24) is 0 Å². The maximum atomic E-state index is 9.82. The molecule has 11 heteroatoms. The Hall–Kier alpha value is 0.506. The maximum absolute atomic E-state index is 9.82. The molecule has 21 heavy (non-hydrogen) atoms. The van der Waals surface area contributed by atoms with Crippen LogP contribution in [0.5, 0.6) is 0 Å². The third-order valence-corrected chi connectivity index (χ3v) is 2.86. The summed E-state index contributed by atoms with van der Waals surface area (Å²) in [7, 11) is -8.91. The quantitative estimate of drug-likeness (QED) is 0.243. The molecule has 0 aromatic rings. The van der Waals surface area contributed by atoms with Crippen molar-refractivity contribution < 1.29 is 34.3 Å². The predicted octanol–water partition coefficient (Wildman–Crippen LogP) is 0.926. The molecule has 8 nitrogen and oxygen atoms in total. The fourth-order valence-corrected chi connectivity index (χ4v) is 1.67. The first-order valence-corrected chi connectivity index (χ1v) is 8.99. The summed E-state index contributed by atoms with van der Waals surface area (Å²) < 4.78 is 66.8. The van der Waals surface area contributed by atoms with Crippen molar-refractivity contribution in [3.05, 3.63) is 0 Å². The summed E-state index contributed by atoms with van der Waals surface area (Å²) in [4.78, 5) is 0. The van der Waals surface area contributed by atoms with Crippen LogP contribution in [0.3, 0.4) is 0 Å². The standard InChI is InChI=1S/2C5H12O4S.Mg/c2*1-2-3-4-5-9-10(6,7)8;/h2*2-5H2,1H3,(H,6,7,8);/q;;+2/p-2. The fourth-order valence-electron chi connectivity index (χ4n) is 1.03. The number of unbranched alkanes of at least 4 members (excludes halogenated alkanes) is 4. The van der Waals surface area contributed by atoms with Crippen LogP contribution in [0.25, 0.3) is 0 Å². The molecular weight excluding hydrogens is 337 g/mol. The van der Waals surface area contributed by atoms with E-state index in [1.54, 1.807) is 0 Å². The van der Waals surface area contributed by atoms with Crippen molar-refractivity contribution in [3.8, 4) is 0 Å². The number of hydrogen-bond donors (Lipinski definition) is 0. The largest absolute Gasteiger partial charge is 2.00 e. The Balaban J connectivity index is -0.000000295. The van der Waals surface area contributed by atoms with Gasteiger partial charge in [0, 0.05) is 0 Å². The van der Waals surface area contributed by atoms with Crippen LogP contribution in [-0.4, -0.2) is 62.2 Å². The van der Waals surface area contributed by atoms with E-state index in [1.807, 2.05) is 13.8 Å². The summed E-state index contributed by atoms with van der Waals surface area (Å²) >= 11 is 0. The first-order valence-electron chi connectivity index (χ1n) is 6.32. The minimum atomic E-state index is -4.45. The van der Waals surface area contributed by atoms with Crippen LogP contribution < -0.4 is 0 Å². The van der Waals surface area contributed by atoms with Crippen molar-refractivity contribution in [2.24, 2.45) is 0 Å². The van der Waals surface area contributed by atoms with Crippen LogP contribution in [0.15, 0.2) is 0 Å². The van der Waals surface area contributed by atoms with E-state index in [4.69, 9.17) is 0 Å². The fraction of sp³-hybridized carbons (Fsp3) is 1.00. The van der Waals surface area contributed by atoms with Crippen LogP contribution >= 0.6 is 0 Å². The molecule has 0 radical (unpaired) electrons. The molecule has 0 aromatic carbocycles. The van der Waals surface area contributed by atoms with Crippen molar-refractivity contribution in [2.75, 3.05) is 13.2 Å². The minimum absolute atomic E-state index is 0. The van der Waals surface area contributed by atoms with E-state index in [0.717, 1.165) is 25.7 Å². The molecule has 0 bridgehead atoms. The van der Waals surface area contributed by atoms with Gasteiger partial charge in [-0.3, -0.25) is 8.37 Å². The molecule has 0 rings (SSSR count). The number of hydrogen-bond acceptors (Lipinski definition) is 8. The van der Waals surface area contributed by atoms with Gasteiger partial charge in [-0.2, -0.15) is 0 Å². The Bertz CT molecular complexity index is 367. The Kier molecular flexibility index (Phi) is 19.4. The van der Waals surface area contributed by atoms with E-state index < -0.39 is 20.8 Å². The first kappa shape index (κ1) is 26.4. The average Bonchev–Trinajstić information content (AvgIpc) is 2.29. The third kappa shape index (κ3) is 33.4. The predicted molar refractivity (Wildman–Crippen MR) is 76.1 cm³/mol. The Morgan fingerprint density at radius 1 is 0.714 bits per heavy atom. The molecule has 0 aliphatic heterocycles. The van der Waals surface area contributed by atoms with Gasteiger partial charge in [0.25, 0.3) is 0 Å². The van der Waals surface area contributed by atoms with Gasteiger partial charge >= 0.3 is 23.1 Å². The van der Waals surface area contributed by atoms with Gasteiger partial charge in [0.1, 0.15) is 0 Å². The molecule has 0 fully saturated rings. The molecule has 0 N–H and O–H groups in total. The number of rotatable bonds is 10. The summed E-state index contributed by atoms with van der Waals surface area (Å²) in [5.74, 6) is 0. The van der Waals surface area contributed by atoms with Crippen LogP contribution in [0, 0.1) is 0 Å². The van der Waals surface area contributed by atoms with E-state index in [9.17, 15) is 25.9 Å². The Morgan fingerprint density at radius 2 is 1.00 bits per heavy atom. The van der Waals surface area contributed by atoms with Crippen LogP contribution in [0.2, 0.25) is 0 Å². The molecular formula is C10H22MgO8S2. The van der Waals surface area contributed by atoms with Crippen molar-refractivity contribution in [2.45, 2.75) is 52.4 Å². The SMILES string of the molecule is CCCCCOS(=O)(=O)[O-].CCCCCOS(=O)(=O)[O-].[Mg+2]. The van der Waals surface area contributed by atoms with E-state index in [-0.39, 0.29) is 36.3 Å². The molecule has 0 amide bonds. The summed E-state index contributed by atoms with van der Waals surface area (Å²) in [6.07, 6.45) is 4.96. The van der Waals surface area contributed by atoms with Gasteiger partial charge in [0.2, 0.25) is 20.8 Å². The van der Waals surface area contributed by atoms with Gasteiger partial charge in [-0.1, -0.05) is 39.5 Å². The van der Waals surface area contributed by atoms with Crippen molar-refractivity contribution in [1.29, 1.82) is 0 Å². The van der Waals surface area contributed by atoms with Gasteiger partial charge in [0.05, 0.1) is 13.2 Å². The zero-order chi connectivity index (χ0) is 16.1. The third-order valence-electron chi connectivity index (χ3n) is 1.95. The minimum Gasteiger partial charge on any atom is -0.726 e. The topological polar surface area (TPSA) is 133 Å². The Labute approximate surface area is 143 Å². The zero-order valence-corrected chi connectivity index (χ0v) is 15.5. The molecule has 0 aliphatic carbocycles. The van der Waals surface area contributed by atoms with Crippen molar-refractivity contribution in [3.63, 3.8) is 0 Å². The zero-order valence-electron chi connectivity index (χ0n) is 12.4. The van der Waals surface area contributed by atoms with E-state index in [2.05, 4.69) is 8.37 Å². The van der Waals surface area contributed by atoms with E-state index in [0.29, 0.717) is 12.8 Å². The second kappa shape index (κ2) is 15.4. The molecule has 0 saturated heterocycles. The maximum Gasteiger partial charge on any atom is 2.00 e. The summed E-state index contributed by atoms with van der Waals surface area (Å²) in [6, 6.07) is 0. The monoisotopic (exact) mass is 358 g/mol. The second-order valence-electron chi connectivity index (χ2n) is 3.87. The van der Waals surface area contributed by atoms with Crippen LogP contribution in [0.4, 0.5) is 0 Å². The smallest absolute Gasteiger partial charge is 0.726 e. The summed E-state index contributed by atoms with van der Waals surface area (Å²) in [5, 5.41) is 0. The first-order chi connectivity index (χ1) is 9.12. The average molecular weight is 359 g/mol. The molecule has 0 aromatic heterocycles. The second-order valence-corrected chi connectivity index (χ2v) is 5.98. The van der Waals surface area contributed by atoms with E-state index >= 15 is 0 Å². The van der Waals surface area contributed by atoms with Gasteiger partial charge in [0.15, 0.2) is 0 Å². The Morgan fingerprint density at radius 3 is 1.19 bits per heavy atom. The molecule has 0 saturated carbocycles. The molecule has 0 aliphatic rings. The van der Waals surface area contributed by atoms with Crippen LogP contribution in [0.1, 0.15) is 52.4 Å². The summed E-state index contributed by atoms with van der Waals surface area (Å²) in [6.45, 7) is 3.98. The molecule has 0 heterocycles. The van der Waals surface area contributed by atoms with Crippen LogP contribution in [-0.2, 0) is 29.2 Å². The van der Waals surface area contributed by atoms with Gasteiger partial charge < -0.3 is 9.11 Å². The molecule has 0 atom stereocenters. The van der Waals surface area contributed by atoms with E-state index in [1.165, 1.54) is 0 Å². The van der Waals surface area contributed by atoms with Gasteiger partial charge in [-0.15, -0.1) is 0 Å². The van der Waals surface area contributed by atoms with Gasteiger partial charge in [-0.05, 0) is 12.8 Å². The molecule has 124 valence electrons. The normalized spacial score (nSPS) is 11.2. The molecule has 0 unspecified atom stereocenters. The van der Waals surface area contributed by atoms with Gasteiger partial charge in [-0.25, -0.2) is 16.8 Å².